The molecule has 0 amide bonds. The Labute approximate surface area is 166 Å². The highest BCUT2D eigenvalue weighted by Crippen LogP contribution is 2.48. The Morgan fingerprint density at radius 3 is 2.61 bits per heavy atom. The normalized spacial score (nSPS) is 19.6. The molecule has 4 nitrogen and oxygen atoms in total. The Bertz CT molecular complexity index is 1020. The molecular weight excluding hydrogens is 346 g/mol. The molecule has 2 unspecified atom stereocenters. The Balaban J connectivity index is 1.91. The van der Waals surface area contributed by atoms with E-state index in [1.54, 1.807) is 6.07 Å². The van der Waals surface area contributed by atoms with Gasteiger partial charge in [0.05, 0.1) is 17.1 Å². The average molecular weight is 374 g/mol. The van der Waals surface area contributed by atoms with Crippen LogP contribution in [0.4, 0.5) is 11.4 Å². The van der Waals surface area contributed by atoms with Crippen molar-refractivity contribution in [3.05, 3.63) is 64.2 Å². The van der Waals surface area contributed by atoms with Crippen molar-refractivity contribution in [1.82, 2.24) is 0 Å². The van der Waals surface area contributed by atoms with Crippen LogP contribution in [0.15, 0.2) is 42.0 Å². The van der Waals surface area contributed by atoms with Gasteiger partial charge in [-0.05, 0) is 53.2 Å². The van der Waals surface area contributed by atoms with Crippen LogP contribution in [0.3, 0.4) is 0 Å². The number of nitrogen functional groups attached to an aromatic ring is 2. The van der Waals surface area contributed by atoms with Gasteiger partial charge >= 0.3 is 0 Å². The summed E-state index contributed by atoms with van der Waals surface area (Å²) in [5.41, 5.74) is 19.9. The molecule has 0 saturated heterocycles. The van der Waals surface area contributed by atoms with E-state index < -0.39 is 0 Å². The fourth-order valence-corrected chi connectivity index (χ4v) is 4.60. The summed E-state index contributed by atoms with van der Waals surface area (Å²) in [7, 11) is 0. The lowest BCUT2D eigenvalue weighted by Gasteiger charge is -2.29. The van der Waals surface area contributed by atoms with Crippen LogP contribution >= 0.6 is 0 Å². The minimum absolute atomic E-state index is 0.0224. The zero-order valence-corrected chi connectivity index (χ0v) is 16.5. The lowest BCUT2D eigenvalue weighted by atomic mass is 9.74. The van der Waals surface area contributed by atoms with Gasteiger partial charge in [-0.2, -0.15) is 0 Å². The lowest BCUT2D eigenvalue weighted by molar-refractivity contribution is 0.105. The Hall–Kier alpha value is -2.88. The van der Waals surface area contributed by atoms with Crippen molar-refractivity contribution in [3.63, 3.8) is 0 Å². The molecule has 2 aliphatic carbocycles. The number of allylic oxidation sites excluding steroid dienone is 2. The molecule has 0 bridgehead atoms. The second-order valence-corrected chi connectivity index (χ2v) is 8.20. The number of benzene rings is 2. The van der Waals surface area contributed by atoms with Crippen molar-refractivity contribution in [1.29, 1.82) is 5.41 Å². The van der Waals surface area contributed by atoms with Gasteiger partial charge in [0.2, 0.25) is 5.78 Å². The highest BCUT2D eigenvalue weighted by molar-refractivity contribution is 6.46. The molecule has 4 rings (SSSR count). The number of Topliss-reactive ketones (excluding diaryl/α,β-unsaturated/α-hetero) is 1. The second-order valence-electron chi connectivity index (χ2n) is 8.20. The summed E-state index contributed by atoms with van der Waals surface area (Å²) in [6, 6.07) is 12.0. The van der Waals surface area contributed by atoms with Gasteiger partial charge in [-0.3, -0.25) is 4.79 Å². The fourth-order valence-electron chi connectivity index (χ4n) is 4.60. The van der Waals surface area contributed by atoms with E-state index in [2.05, 4.69) is 38.1 Å². The maximum Gasteiger partial charge on any atom is 0.206 e. The van der Waals surface area contributed by atoms with E-state index in [4.69, 9.17) is 16.9 Å². The van der Waals surface area contributed by atoms with Crippen molar-refractivity contribution in [2.24, 2.45) is 5.92 Å². The van der Waals surface area contributed by atoms with Gasteiger partial charge < -0.3 is 16.9 Å². The monoisotopic (exact) mass is 373 g/mol. The first-order valence-electron chi connectivity index (χ1n) is 10.0. The second kappa shape index (κ2) is 6.93. The third-order valence-electron chi connectivity index (χ3n) is 6.29. The summed E-state index contributed by atoms with van der Waals surface area (Å²) in [6.07, 6.45) is 3.54. The summed E-state index contributed by atoms with van der Waals surface area (Å²) < 4.78 is 0. The lowest BCUT2D eigenvalue weighted by Crippen LogP contribution is -2.26. The van der Waals surface area contributed by atoms with Gasteiger partial charge in [0.1, 0.15) is 0 Å². The zero-order valence-electron chi connectivity index (χ0n) is 16.5. The van der Waals surface area contributed by atoms with Crippen LogP contribution in [-0.2, 0) is 6.42 Å². The first-order valence-corrected chi connectivity index (χ1v) is 10.0. The van der Waals surface area contributed by atoms with Gasteiger partial charge in [0.25, 0.3) is 0 Å². The summed E-state index contributed by atoms with van der Waals surface area (Å²) in [5, 5.41) is 8.33. The quantitative estimate of drug-likeness (QED) is 0.659. The minimum atomic E-state index is -0.228. The number of rotatable bonds is 4. The molecule has 2 aliphatic rings. The van der Waals surface area contributed by atoms with E-state index >= 15 is 0 Å². The number of fused-ring (bicyclic) bond motifs is 2. The van der Waals surface area contributed by atoms with Gasteiger partial charge in [-0.15, -0.1) is 0 Å². The van der Waals surface area contributed by atoms with E-state index in [0.717, 1.165) is 24.8 Å². The van der Waals surface area contributed by atoms with Crippen LogP contribution in [0.2, 0.25) is 0 Å². The van der Waals surface area contributed by atoms with Crippen molar-refractivity contribution >= 4 is 28.4 Å². The molecular formula is C24H27N3O. The molecule has 144 valence electrons. The number of hydrogen-bond acceptors (Lipinski definition) is 4. The van der Waals surface area contributed by atoms with Crippen molar-refractivity contribution in [2.45, 2.75) is 45.4 Å². The number of carbonyl (C=O) groups excluding carboxylic acids is 1. The van der Waals surface area contributed by atoms with Gasteiger partial charge in [0, 0.05) is 17.9 Å². The third kappa shape index (κ3) is 2.93. The molecule has 2 atom stereocenters. The smallest absolute Gasteiger partial charge is 0.206 e. The molecule has 0 aliphatic heterocycles. The maximum absolute atomic E-state index is 12.7. The van der Waals surface area contributed by atoms with Crippen molar-refractivity contribution in [3.8, 4) is 0 Å². The van der Waals surface area contributed by atoms with Gasteiger partial charge in [0.15, 0.2) is 0 Å². The van der Waals surface area contributed by atoms with Crippen LogP contribution in [0.1, 0.15) is 66.1 Å². The summed E-state index contributed by atoms with van der Waals surface area (Å²) in [5.74, 6) is 0.346. The Morgan fingerprint density at radius 2 is 1.86 bits per heavy atom. The maximum atomic E-state index is 12.7. The largest absolute Gasteiger partial charge is 0.397 e. The van der Waals surface area contributed by atoms with Crippen LogP contribution in [-0.4, -0.2) is 11.5 Å². The first kappa shape index (κ1) is 18.5. The molecule has 0 fully saturated rings. The van der Waals surface area contributed by atoms with Gasteiger partial charge in [-0.1, -0.05) is 50.1 Å². The molecule has 2 aromatic carbocycles. The van der Waals surface area contributed by atoms with Crippen molar-refractivity contribution in [2.75, 3.05) is 11.5 Å². The standard InChI is InChI=1S/C24H27N3O/c1-3-13(2)8-15-9-14-6-4-5-7-16(14)23(15)18-11-22(27)24(28)19-12-21(26)20(25)10-17(18)19/h4-7,10,12-13,18,27H,3,8-9,11,25-26H2,1-2H3. The molecule has 28 heavy (non-hydrogen) atoms. The van der Waals surface area contributed by atoms with E-state index in [1.165, 1.54) is 22.3 Å². The molecule has 5 N–H and O–H groups in total. The average Bonchev–Trinajstić information content (AvgIpc) is 3.04. The van der Waals surface area contributed by atoms with E-state index in [1.807, 2.05) is 6.07 Å². The van der Waals surface area contributed by atoms with E-state index in [-0.39, 0.29) is 17.4 Å². The molecule has 2 aromatic rings. The van der Waals surface area contributed by atoms with E-state index in [9.17, 15) is 4.79 Å². The third-order valence-corrected chi connectivity index (χ3v) is 6.29. The van der Waals surface area contributed by atoms with Crippen LogP contribution in [0.25, 0.3) is 5.57 Å². The van der Waals surface area contributed by atoms with Gasteiger partial charge in [-0.25, -0.2) is 0 Å². The number of nitrogens with two attached hydrogens (primary N) is 2. The highest BCUT2D eigenvalue weighted by Gasteiger charge is 2.36. The molecule has 0 spiro atoms. The number of ketones is 1. The molecule has 0 aromatic heterocycles. The van der Waals surface area contributed by atoms with E-state index in [0.29, 0.717) is 29.3 Å². The number of anilines is 2. The number of carbonyl (C=O) groups is 1. The predicted molar refractivity (Wildman–Crippen MR) is 116 cm³/mol. The molecule has 0 heterocycles. The summed E-state index contributed by atoms with van der Waals surface area (Å²) in [4.78, 5) is 12.7. The fraction of sp³-hybridized carbons (Fsp3) is 0.333. The molecule has 0 radical (unpaired) electrons. The first-order chi connectivity index (χ1) is 13.4. The molecule has 0 saturated carbocycles. The predicted octanol–water partition coefficient (Wildman–Crippen LogP) is 4.99. The van der Waals surface area contributed by atoms with Crippen LogP contribution in [0, 0.1) is 11.3 Å². The minimum Gasteiger partial charge on any atom is -0.397 e. The zero-order chi connectivity index (χ0) is 20.0. The molecule has 4 heteroatoms. The van der Waals surface area contributed by atoms with Crippen molar-refractivity contribution < 1.29 is 4.79 Å². The number of nitrogens with one attached hydrogen (secondary N) is 1. The highest BCUT2D eigenvalue weighted by atomic mass is 16.1. The Kier molecular flexibility index (Phi) is 4.58. The summed E-state index contributed by atoms with van der Waals surface area (Å²) >= 11 is 0. The Morgan fingerprint density at radius 1 is 1.14 bits per heavy atom. The van der Waals surface area contributed by atoms with Crippen LogP contribution < -0.4 is 11.5 Å². The van der Waals surface area contributed by atoms with Crippen LogP contribution in [0.5, 0.6) is 0 Å². The topological polar surface area (TPSA) is 93.0 Å². The summed E-state index contributed by atoms with van der Waals surface area (Å²) in [6.45, 7) is 4.51. The number of hydrogen-bond donors (Lipinski definition) is 3. The SMILES string of the molecule is CCC(C)CC1=C(C2CC(=N)C(=O)c3cc(N)c(N)cc32)c2ccccc2C1.